The van der Waals surface area contributed by atoms with E-state index in [0.29, 0.717) is 19.6 Å². The van der Waals surface area contributed by atoms with Gasteiger partial charge in [0.05, 0.1) is 13.7 Å². The number of rotatable bonds is 9. The summed E-state index contributed by atoms with van der Waals surface area (Å²) in [6, 6.07) is 15.0. The first kappa shape index (κ1) is 21.1. The van der Waals surface area contributed by atoms with Crippen molar-refractivity contribution in [3.63, 3.8) is 0 Å². The molecule has 0 saturated carbocycles. The Morgan fingerprint density at radius 1 is 1.04 bits per heavy atom. The lowest BCUT2D eigenvalue weighted by Gasteiger charge is -2.21. The largest absolute Gasteiger partial charge is 0.497 e. The molecular formula is C21H28N4O3. The van der Waals surface area contributed by atoms with E-state index in [9.17, 15) is 9.59 Å². The summed E-state index contributed by atoms with van der Waals surface area (Å²) in [5, 5.41) is 8.42. The molecule has 3 amide bonds. The quantitative estimate of drug-likeness (QED) is 0.621. The normalized spacial score (nSPS) is 10.1. The van der Waals surface area contributed by atoms with Gasteiger partial charge in [-0.15, -0.1) is 0 Å². The lowest BCUT2D eigenvalue weighted by atomic mass is 10.2. The van der Waals surface area contributed by atoms with Crippen molar-refractivity contribution in [1.82, 2.24) is 15.5 Å². The van der Waals surface area contributed by atoms with Crippen LogP contribution in [0.2, 0.25) is 0 Å². The first-order chi connectivity index (χ1) is 13.5. The summed E-state index contributed by atoms with van der Waals surface area (Å²) in [5.41, 5.74) is 2.96. The van der Waals surface area contributed by atoms with E-state index in [0.717, 1.165) is 22.6 Å². The first-order valence-corrected chi connectivity index (χ1v) is 9.24. The van der Waals surface area contributed by atoms with Crippen LogP contribution in [0.15, 0.2) is 48.5 Å². The predicted octanol–water partition coefficient (Wildman–Crippen LogP) is 2.58. The van der Waals surface area contributed by atoms with Crippen LogP contribution in [0.3, 0.4) is 0 Å². The zero-order valence-corrected chi connectivity index (χ0v) is 16.6. The third-order valence-corrected chi connectivity index (χ3v) is 4.34. The number of nitrogens with one attached hydrogen (secondary N) is 3. The molecule has 0 aliphatic heterocycles. The van der Waals surface area contributed by atoms with Crippen LogP contribution in [0.25, 0.3) is 0 Å². The Balaban J connectivity index is 1.78. The van der Waals surface area contributed by atoms with Crippen molar-refractivity contribution < 1.29 is 14.3 Å². The molecule has 0 aromatic heterocycles. The zero-order valence-electron chi connectivity index (χ0n) is 16.6. The highest BCUT2D eigenvalue weighted by atomic mass is 16.5. The topological polar surface area (TPSA) is 82.7 Å². The highest BCUT2D eigenvalue weighted by Gasteiger charge is 2.13. The number of methoxy groups -OCH3 is 1. The highest BCUT2D eigenvalue weighted by molar-refractivity contribution is 5.84. The van der Waals surface area contributed by atoms with Crippen LogP contribution in [0.1, 0.15) is 18.1 Å². The fourth-order valence-electron chi connectivity index (χ4n) is 2.67. The first-order valence-electron chi connectivity index (χ1n) is 9.24. The number of hydrogen-bond donors (Lipinski definition) is 3. The van der Waals surface area contributed by atoms with Gasteiger partial charge in [0, 0.05) is 32.4 Å². The average molecular weight is 384 g/mol. The van der Waals surface area contributed by atoms with Crippen LogP contribution < -0.4 is 20.7 Å². The van der Waals surface area contributed by atoms with Gasteiger partial charge in [0.15, 0.2) is 0 Å². The van der Waals surface area contributed by atoms with Crippen molar-refractivity contribution in [1.29, 1.82) is 0 Å². The van der Waals surface area contributed by atoms with Crippen LogP contribution in [0.5, 0.6) is 5.75 Å². The standard InChI is InChI=1S/C21H28N4O3/c1-4-25(15-17-6-5-7-19(12-17)28-3)20(26)14-24-21(27)23-13-16-8-10-18(22-2)11-9-16/h5-12,22H,4,13-15H2,1-3H3,(H2,23,24,27). The maximum absolute atomic E-state index is 12.4. The summed E-state index contributed by atoms with van der Waals surface area (Å²) in [7, 11) is 3.46. The monoisotopic (exact) mass is 384 g/mol. The lowest BCUT2D eigenvalue weighted by Crippen LogP contribution is -2.43. The maximum Gasteiger partial charge on any atom is 0.315 e. The van der Waals surface area contributed by atoms with Gasteiger partial charge in [0.2, 0.25) is 5.91 Å². The second kappa shape index (κ2) is 10.8. The van der Waals surface area contributed by atoms with E-state index in [4.69, 9.17) is 4.74 Å². The van der Waals surface area contributed by atoms with E-state index in [1.807, 2.05) is 62.5 Å². The van der Waals surface area contributed by atoms with Crippen LogP contribution in [0.4, 0.5) is 10.5 Å². The van der Waals surface area contributed by atoms with Crippen LogP contribution in [0, 0.1) is 0 Å². The minimum atomic E-state index is -0.372. The number of amides is 3. The van der Waals surface area contributed by atoms with E-state index in [1.54, 1.807) is 12.0 Å². The molecule has 2 rings (SSSR count). The molecule has 0 atom stereocenters. The Kier molecular flexibility index (Phi) is 8.14. The molecule has 2 aromatic rings. The van der Waals surface area contributed by atoms with Gasteiger partial charge in [-0.25, -0.2) is 4.79 Å². The van der Waals surface area contributed by atoms with Gasteiger partial charge < -0.3 is 25.6 Å². The molecule has 3 N–H and O–H groups in total. The number of carbonyl (C=O) groups is 2. The van der Waals surface area contributed by atoms with Crippen molar-refractivity contribution in [3.8, 4) is 5.75 Å². The van der Waals surface area contributed by atoms with Crippen molar-refractivity contribution >= 4 is 17.6 Å². The molecule has 7 heteroatoms. The van der Waals surface area contributed by atoms with Gasteiger partial charge in [0.1, 0.15) is 5.75 Å². The molecule has 0 bridgehead atoms. The van der Waals surface area contributed by atoms with E-state index in [2.05, 4.69) is 16.0 Å². The minimum Gasteiger partial charge on any atom is -0.497 e. The molecule has 7 nitrogen and oxygen atoms in total. The van der Waals surface area contributed by atoms with Gasteiger partial charge in [-0.3, -0.25) is 4.79 Å². The summed E-state index contributed by atoms with van der Waals surface area (Å²) in [4.78, 5) is 26.1. The fourth-order valence-corrected chi connectivity index (χ4v) is 2.67. The van der Waals surface area contributed by atoms with E-state index in [-0.39, 0.29) is 18.5 Å². The smallest absolute Gasteiger partial charge is 0.315 e. The molecule has 150 valence electrons. The Bertz CT molecular complexity index is 777. The number of hydrogen-bond acceptors (Lipinski definition) is 4. The molecule has 0 unspecified atom stereocenters. The Labute approximate surface area is 166 Å². The third kappa shape index (κ3) is 6.50. The predicted molar refractivity (Wildman–Crippen MR) is 110 cm³/mol. The molecule has 0 aliphatic rings. The second-order valence-corrected chi connectivity index (χ2v) is 6.24. The van der Waals surface area contributed by atoms with Crippen molar-refractivity contribution in [2.24, 2.45) is 0 Å². The molecule has 0 aliphatic carbocycles. The van der Waals surface area contributed by atoms with Gasteiger partial charge >= 0.3 is 6.03 Å². The molecule has 0 saturated heterocycles. The summed E-state index contributed by atoms with van der Waals surface area (Å²) >= 11 is 0. The maximum atomic E-state index is 12.4. The lowest BCUT2D eigenvalue weighted by molar-refractivity contribution is -0.130. The average Bonchev–Trinajstić information content (AvgIpc) is 2.74. The van der Waals surface area contributed by atoms with Crippen molar-refractivity contribution in [2.45, 2.75) is 20.0 Å². The van der Waals surface area contributed by atoms with Gasteiger partial charge in [0.25, 0.3) is 0 Å². The minimum absolute atomic E-state index is 0.0532. The molecule has 0 spiro atoms. The number of benzene rings is 2. The number of ether oxygens (including phenoxy) is 1. The van der Waals surface area contributed by atoms with Gasteiger partial charge in [-0.05, 0) is 42.3 Å². The van der Waals surface area contributed by atoms with E-state index in [1.165, 1.54) is 0 Å². The number of urea groups is 1. The Morgan fingerprint density at radius 2 is 1.79 bits per heavy atom. The summed E-state index contributed by atoms with van der Waals surface area (Å²) in [6.45, 7) is 3.27. The van der Waals surface area contributed by atoms with Crippen LogP contribution in [-0.4, -0.2) is 44.1 Å². The summed E-state index contributed by atoms with van der Waals surface area (Å²) < 4.78 is 5.21. The van der Waals surface area contributed by atoms with Crippen LogP contribution >= 0.6 is 0 Å². The number of likely N-dealkylation sites (N-methyl/N-ethyl adjacent to an activating group) is 1. The SMILES string of the molecule is CCN(Cc1cccc(OC)c1)C(=O)CNC(=O)NCc1ccc(NC)cc1. The third-order valence-electron chi connectivity index (χ3n) is 4.34. The second-order valence-electron chi connectivity index (χ2n) is 6.24. The van der Waals surface area contributed by atoms with Crippen LogP contribution in [-0.2, 0) is 17.9 Å². The Morgan fingerprint density at radius 3 is 2.43 bits per heavy atom. The summed E-state index contributed by atoms with van der Waals surface area (Å²) in [6.07, 6.45) is 0. The molecule has 0 heterocycles. The van der Waals surface area contributed by atoms with E-state index >= 15 is 0 Å². The van der Waals surface area contributed by atoms with Gasteiger partial charge in [-0.1, -0.05) is 24.3 Å². The molecular weight excluding hydrogens is 356 g/mol. The number of carbonyl (C=O) groups excluding carboxylic acids is 2. The van der Waals surface area contributed by atoms with Gasteiger partial charge in [-0.2, -0.15) is 0 Å². The highest BCUT2D eigenvalue weighted by Crippen LogP contribution is 2.14. The van der Waals surface area contributed by atoms with Crippen molar-refractivity contribution in [3.05, 3.63) is 59.7 Å². The molecule has 0 fully saturated rings. The molecule has 0 radical (unpaired) electrons. The molecule has 28 heavy (non-hydrogen) atoms. The van der Waals surface area contributed by atoms with E-state index < -0.39 is 0 Å². The number of anilines is 1. The number of nitrogens with zero attached hydrogens (tertiary/aromatic N) is 1. The summed E-state index contributed by atoms with van der Waals surface area (Å²) in [5.74, 6) is 0.611. The van der Waals surface area contributed by atoms with Crippen molar-refractivity contribution in [2.75, 3.05) is 32.6 Å². The Hall–Kier alpha value is -3.22. The zero-order chi connectivity index (χ0) is 20.4. The fraction of sp³-hybridized carbons (Fsp3) is 0.333. The molecule has 2 aromatic carbocycles.